The van der Waals surface area contributed by atoms with Crippen LogP contribution in [-0.2, 0) is 0 Å². The van der Waals surface area contributed by atoms with E-state index < -0.39 is 5.82 Å². The maximum absolute atomic E-state index is 13.4. The van der Waals surface area contributed by atoms with Crippen molar-refractivity contribution < 1.29 is 9.18 Å². The summed E-state index contributed by atoms with van der Waals surface area (Å²) in [6, 6.07) is 7.78. The Morgan fingerprint density at radius 1 is 1.16 bits per heavy atom. The number of carbonyl (C=O) groups is 1. The molecule has 0 unspecified atom stereocenters. The second kappa shape index (κ2) is 5.43. The molecule has 0 saturated carbocycles. The average Bonchev–Trinajstić information content (AvgIpc) is 2.36. The van der Waals surface area contributed by atoms with Gasteiger partial charge in [-0.2, -0.15) is 0 Å². The topological polar surface area (TPSA) is 17.1 Å². The van der Waals surface area contributed by atoms with E-state index in [1.807, 2.05) is 19.9 Å². The highest BCUT2D eigenvalue weighted by molar-refractivity contribution is 9.10. The molecule has 0 aromatic heterocycles. The highest BCUT2D eigenvalue weighted by atomic mass is 79.9. The smallest absolute Gasteiger partial charge is 0.193 e. The largest absolute Gasteiger partial charge is 0.289 e. The molecule has 0 fully saturated rings. The van der Waals surface area contributed by atoms with Crippen molar-refractivity contribution in [1.29, 1.82) is 0 Å². The summed E-state index contributed by atoms with van der Waals surface area (Å²) in [7, 11) is 0. The second-order valence-electron chi connectivity index (χ2n) is 4.37. The zero-order chi connectivity index (χ0) is 14.2. The van der Waals surface area contributed by atoms with E-state index >= 15 is 0 Å². The normalized spacial score (nSPS) is 10.6. The maximum atomic E-state index is 13.4. The molecule has 0 aliphatic carbocycles. The molecule has 4 heteroatoms. The molecule has 2 rings (SSSR count). The second-order valence-corrected chi connectivity index (χ2v) is 5.64. The van der Waals surface area contributed by atoms with Gasteiger partial charge in [0.1, 0.15) is 5.82 Å². The molecule has 0 saturated heterocycles. The van der Waals surface area contributed by atoms with E-state index in [0.29, 0.717) is 11.1 Å². The van der Waals surface area contributed by atoms with Crippen molar-refractivity contribution in [3.05, 3.63) is 67.9 Å². The Morgan fingerprint density at radius 3 is 2.47 bits per heavy atom. The molecule has 0 amide bonds. The van der Waals surface area contributed by atoms with Gasteiger partial charge in [-0.25, -0.2) is 4.39 Å². The van der Waals surface area contributed by atoms with Crippen LogP contribution in [-0.4, -0.2) is 5.78 Å². The highest BCUT2D eigenvalue weighted by Crippen LogP contribution is 2.24. The van der Waals surface area contributed by atoms with Gasteiger partial charge in [0.2, 0.25) is 0 Å². The summed E-state index contributed by atoms with van der Waals surface area (Å²) in [6.45, 7) is 3.76. The van der Waals surface area contributed by atoms with Crippen molar-refractivity contribution in [3.8, 4) is 0 Å². The Labute approximate surface area is 124 Å². The summed E-state index contributed by atoms with van der Waals surface area (Å²) < 4.78 is 14.4. The van der Waals surface area contributed by atoms with E-state index in [-0.39, 0.29) is 10.8 Å². The zero-order valence-corrected chi connectivity index (χ0v) is 12.8. The molecule has 1 nitrogen and oxygen atoms in total. The first kappa shape index (κ1) is 14.2. The van der Waals surface area contributed by atoms with Crippen LogP contribution in [0.4, 0.5) is 4.39 Å². The summed E-state index contributed by atoms with van der Waals surface area (Å²) in [4.78, 5) is 12.4. The van der Waals surface area contributed by atoms with Crippen LogP contribution in [0.15, 0.2) is 34.8 Å². The van der Waals surface area contributed by atoms with Crippen molar-refractivity contribution in [2.75, 3.05) is 0 Å². The van der Waals surface area contributed by atoms with Crippen molar-refractivity contribution in [3.63, 3.8) is 0 Å². The molecule has 2 aromatic carbocycles. The van der Waals surface area contributed by atoms with Gasteiger partial charge in [0.15, 0.2) is 5.78 Å². The van der Waals surface area contributed by atoms with Gasteiger partial charge in [0, 0.05) is 15.6 Å². The first-order chi connectivity index (χ1) is 8.90. The van der Waals surface area contributed by atoms with Crippen LogP contribution in [0.1, 0.15) is 27.0 Å². The van der Waals surface area contributed by atoms with E-state index in [2.05, 4.69) is 15.9 Å². The monoisotopic (exact) mass is 340 g/mol. The molecule has 2 aromatic rings. The SMILES string of the molecule is Cc1cc(C(=O)c2ccc(Cl)c(F)c2)c(C)cc1Br. The molecule has 0 atom stereocenters. The summed E-state index contributed by atoms with van der Waals surface area (Å²) in [5.74, 6) is -0.789. The van der Waals surface area contributed by atoms with E-state index in [1.54, 1.807) is 6.07 Å². The minimum Gasteiger partial charge on any atom is -0.289 e. The Morgan fingerprint density at radius 2 is 1.84 bits per heavy atom. The summed E-state index contributed by atoms with van der Waals surface area (Å²) >= 11 is 9.03. The van der Waals surface area contributed by atoms with Crippen LogP contribution < -0.4 is 0 Å². The standard InChI is InChI=1S/C15H11BrClFO/c1-8-6-12(16)9(2)5-11(8)15(19)10-3-4-13(17)14(18)7-10/h3-7H,1-2H3. The third-order valence-corrected chi connectivity index (χ3v) is 4.09. The fourth-order valence-electron chi connectivity index (χ4n) is 1.82. The number of rotatable bonds is 2. The first-order valence-electron chi connectivity index (χ1n) is 5.66. The van der Waals surface area contributed by atoms with Gasteiger partial charge in [-0.15, -0.1) is 0 Å². The number of halogens is 3. The predicted molar refractivity (Wildman–Crippen MR) is 78.5 cm³/mol. The van der Waals surface area contributed by atoms with Gasteiger partial charge in [-0.1, -0.05) is 27.5 Å². The van der Waals surface area contributed by atoms with E-state index in [4.69, 9.17) is 11.6 Å². The molecular formula is C15H11BrClFO. The quantitative estimate of drug-likeness (QED) is 0.695. The highest BCUT2D eigenvalue weighted by Gasteiger charge is 2.14. The third kappa shape index (κ3) is 2.88. The van der Waals surface area contributed by atoms with Crippen molar-refractivity contribution in [1.82, 2.24) is 0 Å². The fourth-order valence-corrected chi connectivity index (χ4v) is 2.39. The molecule has 98 valence electrons. The number of hydrogen-bond acceptors (Lipinski definition) is 1. The molecule has 0 N–H and O–H groups in total. The fraction of sp³-hybridized carbons (Fsp3) is 0.133. The van der Waals surface area contributed by atoms with Crippen molar-refractivity contribution in [2.45, 2.75) is 13.8 Å². The Balaban J connectivity index is 2.49. The number of carbonyl (C=O) groups excluding carboxylic acids is 1. The van der Waals surface area contributed by atoms with Gasteiger partial charge in [0.05, 0.1) is 5.02 Å². The number of benzene rings is 2. The van der Waals surface area contributed by atoms with Crippen LogP contribution in [0.5, 0.6) is 0 Å². The lowest BCUT2D eigenvalue weighted by molar-refractivity contribution is 0.103. The van der Waals surface area contributed by atoms with E-state index in [9.17, 15) is 9.18 Å². The van der Waals surface area contributed by atoms with E-state index in [1.165, 1.54) is 18.2 Å². The predicted octanol–water partition coefficient (Wildman–Crippen LogP) is 5.09. The van der Waals surface area contributed by atoms with Crippen molar-refractivity contribution in [2.24, 2.45) is 0 Å². The zero-order valence-electron chi connectivity index (χ0n) is 10.4. The molecule has 0 radical (unpaired) electrons. The lowest BCUT2D eigenvalue weighted by Gasteiger charge is -2.08. The molecule has 19 heavy (non-hydrogen) atoms. The third-order valence-electron chi connectivity index (χ3n) is 2.93. The van der Waals surface area contributed by atoms with Gasteiger partial charge in [-0.05, 0) is 55.3 Å². The lowest BCUT2D eigenvalue weighted by Crippen LogP contribution is -2.05. The molecule has 0 spiro atoms. The molecule has 0 aliphatic rings. The Hall–Kier alpha value is -1.19. The van der Waals surface area contributed by atoms with Crippen LogP contribution in [0, 0.1) is 19.7 Å². The van der Waals surface area contributed by atoms with Gasteiger partial charge in [-0.3, -0.25) is 4.79 Å². The van der Waals surface area contributed by atoms with Gasteiger partial charge < -0.3 is 0 Å². The average molecular weight is 342 g/mol. The van der Waals surface area contributed by atoms with Crippen LogP contribution in [0.2, 0.25) is 5.02 Å². The van der Waals surface area contributed by atoms with Crippen LogP contribution in [0.25, 0.3) is 0 Å². The van der Waals surface area contributed by atoms with Crippen LogP contribution >= 0.6 is 27.5 Å². The van der Waals surface area contributed by atoms with E-state index in [0.717, 1.165) is 15.6 Å². The number of ketones is 1. The Bertz CT molecular complexity index is 667. The van der Waals surface area contributed by atoms with Crippen LogP contribution in [0.3, 0.4) is 0 Å². The van der Waals surface area contributed by atoms with Gasteiger partial charge >= 0.3 is 0 Å². The maximum Gasteiger partial charge on any atom is 0.193 e. The molecule has 0 bridgehead atoms. The van der Waals surface area contributed by atoms with Gasteiger partial charge in [0.25, 0.3) is 0 Å². The summed E-state index contributed by atoms with van der Waals surface area (Å²) in [5, 5.41) is 0.0141. The summed E-state index contributed by atoms with van der Waals surface area (Å²) in [5.41, 5.74) is 2.68. The summed E-state index contributed by atoms with van der Waals surface area (Å²) in [6.07, 6.45) is 0. The Kier molecular flexibility index (Phi) is 4.07. The first-order valence-corrected chi connectivity index (χ1v) is 6.83. The number of hydrogen-bond donors (Lipinski definition) is 0. The molecule has 0 aliphatic heterocycles. The number of aryl methyl sites for hydroxylation is 2. The minimum atomic E-state index is -0.584. The molecular weight excluding hydrogens is 331 g/mol. The molecule has 0 heterocycles. The van der Waals surface area contributed by atoms with Crippen molar-refractivity contribution >= 4 is 33.3 Å². The minimum absolute atomic E-state index is 0.0141. The lowest BCUT2D eigenvalue weighted by atomic mass is 9.97.